The molecule has 0 radical (unpaired) electrons. The first-order chi connectivity index (χ1) is 27.8. The maximum atomic E-state index is 4.94. The Morgan fingerprint density at radius 1 is 0.357 bits per heavy atom. The second kappa shape index (κ2) is 14.5. The molecule has 0 aliphatic rings. The van der Waals surface area contributed by atoms with Crippen LogP contribution in [0.2, 0.25) is 0 Å². The fourth-order valence-corrected chi connectivity index (χ4v) is 8.12. The van der Waals surface area contributed by atoms with Gasteiger partial charge in [-0.1, -0.05) is 176 Å². The molecule has 264 valence electrons. The molecule has 0 saturated heterocycles. The second-order valence-corrected chi connectivity index (χ2v) is 14.2. The third-order valence-corrected chi connectivity index (χ3v) is 10.8. The summed E-state index contributed by atoms with van der Waals surface area (Å²) in [7, 11) is 0. The highest BCUT2D eigenvalue weighted by molar-refractivity contribution is 6.11. The molecule has 0 fully saturated rings. The summed E-state index contributed by atoms with van der Waals surface area (Å²) in [6.45, 7) is 0. The highest BCUT2D eigenvalue weighted by atomic mass is 15.1. The molecule has 0 N–H and O–H groups in total. The maximum absolute atomic E-state index is 4.94. The number of hydrogen-bond acceptors (Lipinski definition) is 3. The summed E-state index contributed by atoms with van der Waals surface area (Å²) in [6, 6.07) is 77.4. The summed E-state index contributed by atoms with van der Waals surface area (Å²) in [5.74, 6) is 0. The van der Waals surface area contributed by atoms with Crippen LogP contribution in [0.3, 0.4) is 0 Å². The van der Waals surface area contributed by atoms with Gasteiger partial charge in [-0.25, -0.2) is 0 Å². The molecule has 0 aromatic heterocycles. The summed E-state index contributed by atoms with van der Waals surface area (Å²) in [5.41, 5.74) is 8.84. The Balaban J connectivity index is 1.02. The van der Waals surface area contributed by atoms with Crippen molar-refractivity contribution in [3.05, 3.63) is 230 Å². The second-order valence-electron chi connectivity index (χ2n) is 14.2. The van der Waals surface area contributed by atoms with Gasteiger partial charge in [0.2, 0.25) is 0 Å². The van der Waals surface area contributed by atoms with Gasteiger partial charge >= 0.3 is 0 Å². The van der Waals surface area contributed by atoms with Crippen molar-refractivity contribution in [2.24, 2.45) is 10.2 Å². The van der Waals surface area contributed by atoms with E-state index in [2.05, 4.69) is 211 Å². The standard InChI is InChI=1S/C53H37N3/c1-4-16-38(17-5-1)53(39-18-6-2-7-19-39)55-54-51-27-14-25-49-45(24-13-26-50(49)51)41-31-33-46-40(35-41)29-30-42-36-44(32-34-47(42)46)56(43-21-8-3-9-22-43)52-28-12-20-37-15-10-11-23-48(37)52/h1-36,53H. The number of para-hydroxylation sites is 1. The van der Waals surface area contributed by atoms with Gasteiger partial charge in [-0.05, 0) is 97.0 Å². The topological polar surface area (TPSA) is 28.0 Å². The van der Waals surface area contributed by atoms with E-state index >= 15 is 0 Å². The number of azo groups is 1. The molecule has 0 spiro atoms. The molecule has 0 bridgehead atoms. The van der Waals surface area contributed by atoms with Crippen LogP contribution in [0.5, 0.6) is 0 Å². The number of hydrogen-bond donors (Lipinski definition) is 0. The minimum absolute atomic E-state index is 0.193. The molecule has 0 unspecified atom stereocenters. The van der Waals surface area contributed by atoms with Crippen LogP contribution < -0.4 is 4.90 Å². The van der Waals surface area contributed by atoms with E-state index < -0.39 is 0 Å². The lowest BCUT2D eigenvalue weighted by atomic mass is 9.94. The number of anilines is 3. The summed E-state index contributed by atoms with van der Waals surface area (Å²) >= 11 is 0. The summed E-state index contributed by atoms with van der Waals surface area (Å²) in [6.07, 6.45) is 0. The molecule has 0 amide bonds. The lowest BCUT2D eigenvalue weighted by molar-refractivity contribution is 0.810. The Hall–Kier alpha value is -7.36. The van der Waals surface area contributed by atoms with Gasteiger partial charge in [-0.3, -0.25) is 0 Å². The van der Waals surface area contributed by atoms with Crippen molar-refractivity contribution in [2.45, 2.75) is 6.04 Å². The summed E-state index contributed by atoms with van der Waals surface area (Å²) < 4.78 is 0. The molecule has 3 heteroatoms. The van der Waals surface area contributed by atoms with Crippen LogP contribution in [0.4, 0.5) is 22.7 Å². The summed E-state index contributed by atoms with van der Waals surface area (Å²) in [4.78, 5) is 2.37. The minimum atomic E-state index is -0.193. The van der Waals surface area contributed by atoms with Crippen molar-refractivity contribution in [1.29, 1.82) is 0 Å². The van der Waals surface area contributed by atoms with E-state index in [9.17, 15) is 0 Å². The van der Waals surface area contributed by atoms with Gasteiger partial charge in [-0.2, -0.15) is 10.2 Å². The highest BCUT2D eigenvalue weighted by Crippen LogP contribution is 2.42. The Morgan fingerprint density at radius 3 is 1.71 bits per heavy atom. The van der Waals surface area contributed by atoms with E-state index in [1.54, 1.807) is 0 Å². The van der Waals surface area contributed by atoms with E-state index in [0.29, 0.717) is 0 Å². The van der Waals surface area contributed by atoms with Gasteiger partial charge in [-0.15, -0.1) is 0 Å². The lowest BCUT2D eigenvalue weighted by Crippen LogP contribution is -2.10. The third-order valence-electron chi connectivity index (χ3n) is 10.8. The first-order valence-corrected chi connectivity index (χ1v) is 19.1. The van der Waals surface area contributed by atoms with E-state index in [4.69, 9.17) is 10.2 Å². The maximum Gasteiger partial charge on any atom is 0.121 e. The predicted octanol–water partition coefficient (Wildman–Crippen LogP) is 15.3. The van der Waals surface area contributed by atoms with Crippen LogP contribution in [-0.2, 0) is 0 Å². The highest BCUT2D eigenvalue weighted by Gasteiger charge is 2.17. The SMILES string of the molecule is c1ccc(C(N=Nc2cccc3c(-c4ccc5c(ccc6cc(N(c7ccccc7)c7cccc8ccccc78)ccc65)c4)cccc23)c2ccccc2)cc1. The molecule has 0 heterocycles. The average molecular weight is 716 g/mol. The molecule has 0 aliphatic heterocycles. The van der Waals surface area contributed by atoms with Crippen LogP contribution in [0.15, 0.2) is 229 Å². The molecular formula is C53H37N3. The van der Waals surface area contributed by atoms with E-state index in [0.717, 1.165) is 44.6 Å². The van der Waals surface area contributed by atoms with Crippen LogP contribution in [-0.4, -0.2) is 0 Å². The third kappa shape index (κ3) is 6.15. The Labute approximate surface area is 326 Å². The Kier molecular flexibility index (Phi) is 8.58. The van der Waals surface area contributed by atoms with Crippen LogP contribution in [0.25, 0.3) is 54.2 Å². The van der Waals surface area contributed by atoms with Gasteiger partial charge in [0, 0.05) is 22.1 Å². The van der Waals surface area contributed by atoms with Crippen molar-refractivity contribution in [1.82, 2.24) is 0 Å². The van der Waals surface area contributed by atoms with Crippen molar-refractivity contribution < 1.29 is 0 Å². The molecule has 0 aliphatic carbocycles. The van der Waals surface area contributed by atoms with Crippen molar-refractivity contribution in [2.75, 3.05) is 4.90 Å². The average Bonchev–Trinajstić information content (AvgIpc) is 3.27. The smallest absolute Gasteiger partial charge is 0.121 e. The first kappa shape index (κ1) is 33.2. The van der Waals surface area contributed by atoms with Gasteiger partial charge in [0.05, 0.1) is 11.4 Å². The van der Waals surface area contributed by atoms with Crippen molar-refractivity contribution in [3.8, 4) is 11.1 Å². The predicted molar refractivity (Wildman–Crippen MR) is 236 cm³/mol. The quantitative estimate of drug-likeness (QED) is 0.114. The van der Waals surface area contributed by atoms with E-state index in [1.165, 1.54) is 43.4 Å². The fourth-order valence-electron chi connectivity index (χ4n) is 8.12. The number of rotatable bonds is 8. The van der Waals surface area contributed by atoms with Gasteiger partial charge < -0.3 is 4.90 Å². The zero-order valence-electron chi connectivity index (χ0n) is 30.7. The molecule has 0 saturated carbocycles. The van der Waals surface area contributed by atoms with Gasteiger partial charge in [0.25, 0.3) is 0 Å². The van der Waals surface area contributed by atoms with E-state index in [-0.39, 0.29) is 6.04 Å². The zero-order chi connectivity index (χ0) is 37.3. The molecule has 56 heavy (non-hydrogen) atoms. The Bertz CT molecular complexity index is 2980. The van der Waals surface area contributed by atoms with Crippen LogP contribution in [0.1, 0.15) is 17.2 Å². The Morgan fingerprint density at radius 2 is 0.946 bits per heavy atom. The molecular weight excluding hydrogens is 679 g/mol. The van der Waals surface area contributed by atoms with E-state index in [1.807, 2.05) is 12.1 Å². The zero-order valence-corrected chi connectivity index (χ0v) is 30.7. The molecule has 0 atom stereocenters. The van der Waals surface area contributed by atoms with Gasteiger partial charge in [0.15, 0.2) is 0 Å². The first-order valence-electron chi connectivity index (χ1n) is 19.1. The van der Waals surface area contributed by atoms with Crippen LogP contribution in [0, 0.1) is 0 Å². The number of fused-ring (bicyclic) bond motifs is 5. The number of benzene rings is 10. The normalized spacial score (nSPS) is 11.7. The van der Waals surface area contributed by atoms with Crippen molar-refractivity contribution >= 4 is 65.8 Å². The lowest BCUT2D eigenvalue weighted by Gasteiger charge is -2.27. The monoisotopic (exact) mass is 715 g/mol. The fraction of sp³-hybridized carbons (Fsp3) is 0.0189. The largest absolute Gasteiger partial charge is 0.310 e. The molecule has 10 rings (SSSR count). The van der Waals surface area contributed by atoms with Crippen molar-refractivity contribution in [3.63, 3.8) is 0 Å². The van der Waals surface area contributed by atoms with Gasteiger partial charge in [0.1, 0.15) is 6.04 Å². The minimum Gasteiger partial charge on any atom is -0.310 e. The molecule has 3 nitrogen and oxygen atoms in total. The van der Waals surface area contributed by atoms with Crippen LogP contribution >= 0.6 is 0 Å². The number of nitrogens with zero attached hydrogens (tertiary/aromatic N) is 3. The molecule has 10 aromatic carbocycles. The molecule has 10 aromatic rings. The summed E-state index contributed by atoms with van der Waals surface area (Å²) in [5, 5.41) is 19.4.